The molecule has 6 atom stereocenters. The highest BCUT2D eigenvalue weighted by molar-refractivity contribution is 5.68. The van der Waals surface area contributed by atoms with Crippen LogP contribution in [-0.2, 0) is 22.4 Å². The van der Waals surface area contributed by atoms with Gasteiger partial charge in [0.2, 0.25) is 12.0 Å². The lowest BCUT2D eigenvalue weighted by molar-refractivity contribution is -0.277. The van der Waals surface area contributed by atoms with E-state index in [1.165, 1.54) is 7.11 Å². The minimum absolute atomic E-state index is 0.0354. The van der Waals surface area contributed by atoms with E-state index in [0.717, 1.165) is 0 Å². The fourth-order valence-electron chi connectivity index (χ4n) is 3.82. The molecule has 11 heteroatoms. The first kappa shape index (κ1) is 24.5. The van der Waals surface area contributed by atoms with Crippen LogP contribution < -0.4 is 14.2 Å². The van der Waals surface area contributed by atoms with Crippen molar-refractivity contribution in [1.82, 2.24) is 0 Å². The van der Waals surface area contributed by atoms with Crippen LogP contribution in [0.1, 0.15) is 31.4 Å². The number of ether oxygens (including phenoxy) is 4. The van der Waals surface area contributed by atoms with E-state index in [1.807, 2.05) is 0 Å². The molecule has 3 rings (SSSR count). The molecular weight excluding hydrogens is 428 g/mol. The Morgan fingerprint density at radius 3 is 2.44 bits per heavy atom. The van der Waals surface area contributed by atoms with Crippen molar-refractivity contribution in [3.05, 3.63) is 17.2 Å². The number of hydrogen-bond acceptors (Lipinski definition) is 10. The molecule has 1 aromatic rings. The molecule has 1 fully saturated rings. The van der Waals surface area contributed by atoms with Gasteiger partial charge in [0.15, 0.2) is 11.5 Å². The first-order valence-electron chi connectivity index (χ1n) is 10.3. The quantitative estimate of drug-likeness (QED) is 0.281. The van der Waals surface area contributed by atoms with Crippen molar-refractivity contribution < 1.29 is 54.4 Å². The average Bonchev–Trinajstić information content (AvgIpc) is 3.16. The third kappa shape index (κ3) is 4.77. The first-order valence-corrected chi connectivity index (χ1v) is 10.3. The van der Waals surface area contributed by atoms with Crippen molar-refractivity contribution in [2.75, 3.05) is 13.7 Å². The van der Waals surface area contributed by atoms with Gasteiger partial charge in [-0.2, -0.15) is 0 Å². The van der Waals surface area contributed by atoms with Gasteiger partial charge in [0, 0.05) is 18.4 Å². The summed E-state index contributed by atoms with van der Waals surface area (Å²) in [7, 11) is 1.36. The van der Waals surface area contributed by atoms with Crippen molar-refractivity contribution in [2.45, 2.75) is 75.5 Å². The van der Waals surface area contributed by atoms with Gasteiger partial charge in [0.25, 0.3) is 0 Å². The van der Waals surface area contributed by atoms with E-state index in [4.69, 9.17) is 24.1 Å². The highest BCUT2D eigenvalue weighted by Crippen LogP contribution is 2.49. The number of aliphatic hydroxyl groups excluding tert-OH is 4. The molecule has 0 bridgehead atoms. The van der Waals surface area contributed by atoms with E-state index >= 15 is 0 Å². The number of methoxy groups -OCH3 is 1. The second kappa shape index (κ2) is 9.38. The molecule has 0 radical (unpaired) electrons. The number of carboxylic acids is 1. The van der Waals surface area contributed by atoms with Crippen LogP contribution in [0.3, 0.4) is 0 Å². The highest BCUT2D eigenvalue weighted by Gasteiger charge is 2.46. The molecule has 2 heterocycles. The third-order valence-corrected chi connectivity index (χ3v) is 5.69. The van der Waals surface area contributed by atoms with Crippen LogP contribution in [0.25, 0.3) is 0 Å². The zero-order chi connectivity index (χ0) is 23.8. The van der Waals surface area contributed by atoms with Crippen LogP contribution in [0.2, 0.25) is 0 Å². The van der Waals surface area contributed by atoms with Crippen LogP contribution in [0.15, 0.2) is 6.07 Å². The molecule has 0 spiro atoms. The van der Waals surface area contributed by atoms with E-state index in [1.54, 1.807) is 19.9 Å². The third-order valence-electron chi connectivity index (χ3n) is 5.69. The largest absolute Gasteiger partial charge is 0.490 e. The summed E-state index contributed by atoms with van der Waals surface area (Å²) >= 11 is 0. The standard InChI is InChI=1S/C21H30O11/c1-21(2,28)12-7-10-6-9(4-5-13(23)24)17(19(29-3)18(10)31-12)32-20-16(27)15(26)14(25)11(8-22)30-20/h6,11-12,14-16,20,22,25-28H,4-5,7-8H2,1-3H3,(H,23,24)/t11-,12?,14-,15+,16-,20+/m1/s1. The monoisotopic (exact) mass is 458 g/mol. The summed E-state index contributed by atoms with van der Waals surface area (Å²) in [6.45, 7) is 2.58. The van der Waals surface area contributed by atoms with E-state index in [2.05, 4.69) is 0 Å². The SMILES string of the molecule is COc1c2c(cc(CCC(=O)O)c1O[C@@H]1O[C@H](CO)[C@@H](O)[C@H](O)[C@H]1O)CC(C(C)(C)O)O2. The van der Waals surface area contributed by atoms with E-state index in [-0.39, 0.29) is 24.3 Å². The van der Waals surface area contributed by atoms with Gasteiger partial charge in [0.1, 0.15) is 30.5 Å². The number of aliphatic carboxylic acids is 1. The minimum atomic E-state index is -1.66. The molecular formula is C21H30O11. The van der Waals surface area contributed by atoms with Gasteiger partial charge in [-0.05, 0) is 31.9 Å². The molecule has 1 unspecified atom stereocenters. The molecule has 32 heavy (non-hydrogen) atoms. The molecule has 6 N–H and O–H groups in total. The number of hydrogen-bond donors (Lipinski definition) is 6. The summed E-state index contributed by atoms with van der Waals surface area (Å²) in [6.07, 6.45) is -7.94. The van der Waals surface area contributed by atoms with Gasteiger partial charge in [-0.3, -0.25) is 4.79 Å². The zero-order valence-electron chi connectivity index (χ0n) is 18.1. The minimum Gasteiger partial charge on any atom is -0.490 e. The van der Waals surface area contributed by atoms with Crippen molar-refractivity contribution in [2.24, 2.45) is 0 Å². The molecule has 180 valence electrons. The van der Waals surface area contributed by atoms with Gasteiger partial charge in [-0.15, -0.1) is 0 Å². The fourth-order valence-corrected chi connectivity index (χ4v) is 3.82. The molecule has 1 saturated heterocycles. The van der Waals surface area contributed by atoms with Gasteiger partial charge < -0.3 is 49.6 Å². The van der Waals surface area contributed by atoms with E-state index in [9.17, 15) is 30.3 Å². The summed E-state index contributed by atoms with van der Waals surface area (Å²) in [6, 6.07) is 1.69. The Bertz CT molecular complexity index is 832. The number of carbonyl (C=O) groups is 1. The van der Waals surface area contributed by atoms with Crippen molar-refractivity contribution in [3.63, 3.8) is 0 Å². The van der Waals surface area contributed by atoms with Crippen molar-refractivity contribution in [3.8, 4) is 17.2 Å². The van der Waals surface area contributed by atoms with Crippen molar-refractivity contribution >= 4 is 5.97 Å². The Balaban J connectivity index is 2.01. The van der Waals surface area contributed by atoms with Gasteiger partial charge in [-0.25, -0.2) is 0 Å². The van der Waals surface area contributed by atoms with Crippen LogP contribution in [0, 0.1) is 0 Å². The Hall–Kier alpha value is -2.15. The average molecular weight is 458 g/mol. The maximum Gasteiger partial charge on any atom is 0.303 e. The van der Waals surface area contributed by atoms with E-state index in [0.29, 0.717) is 23.3 Å². The molecule has 0 aromatic heterocycles. The topological polar surface area (TPSA) is 175 Å². The second-order valence-corrected chi connectivity index (χ2v) is 8.56. The van der Waals surface area contributed by atoms with Crippen molar-refractivity contribution in [1.29, 1.82) is 0 Å². The Morgan fingerprint density at radius 1 is 1.19 bits per heavy atom. The highest BCUT2D eigenvalue weighted by atomic mass is 16.7. The molecule has 2 aliphatic heterocycles. The summed E-state index contributed by atoms with van der Waals surface area (Å²) in [5, 5.41) is 59.3. The number of fused-ring (bicyclic) bond motifs is 1. The fraction of sp³-hybridized carbons (Fsp3) is 0.667. The lowest BCUT2D eigenvalue weighted by atomic mass is 9.95. The maximum atomic E-state index is 11.2. The van der Waals surface area contributed by atoms with Crippen LogP contribution in [0.4, 0.5) is 0 Å². The number of carboxylic acid groups (broad SMARTS) is 1. The molecule has 1 aromatic carbocycles. The molecule has 11 nitrogen and oxygen atoms in total. The molecule has 0 amide bonds. The zero-order valence-corrected chi connectivity index (χ0v) is 18.1. The van der Waals surface area contributed by atoms with E-state index < -0.39 is 55.0 Å². The lowest BCUT2D eigenvalue weighted by Crippen LogP contribution is -2.60. The summed E-state index contributed by atoms with van der Waals surface area (Å²) in [5.41, 5.74) is -0.0423. The van der Waals surface area contributed by atoms with Gasteiger partial charge >= 0.3 is 5.97 Å². The molecule has 0 aliphatic carbocycles. The number of benzene rings is 1. The summed E-state index contributed by atoms with van der Waals surface area (Å²) < 4.78 is 22.7. The summed E-state index contributed by atoms with van der Waals surface area (Å²) in [5.74, 6) is -0.577. The molecule has 2 aliphatic rings. The number of rotatable bonds is 8. The predicted octanol–water partition coefficient (Wildman–Crippen LogP) is -1.03. The number of aliphatic hydroxyl groups is 5. The van der Waals surface area contributed by atoms with Gasteiger partial charge in [0.05, 0.1) is 19.3 Å². The Labute approximate surface area is 184 Å². The Morgan fingerprint density at radius 2 is 1.88 bits per heavy atom. The Kier molecular flexibility index (Phi) is 7.18. The summed E-state index contributed by atoms with van der Waals surface area (Å²) in [4.78, 5) is 11.2. The maximum absolute atomic E-state index is 11.2. The second-order valence-electron chi connectivity index (χ2n) is 8.56. The van der Waals surface area contributed by atoms with Crippen LogP contribution in [0.5, 0.6) is 17.2 Å². The van der Waals surface area contributed by atoms with Gasteiger partial charge in [-0.1, -0.05) is 0 Å². The van der Waals surface area contributed by atoms with Crippen LogP contribution >= 0.6 is 0 Å². The smallest absolute Gasteiger partial charge is 0.303 e. The van der Waals surface area contributed by atoms with Crippen LogP contribution in [-0.4, -0.2) is 92.7 Å². The normalized spacial score (nSPS) is 29.9. The molecule has 0 saturated carbocycles. The predicted molar refractivity (Wildman–Crippen MR) is 108 cm³/mol. The lowest BCUT2D eigenvalue weighted by Gasteiger charge is -2.40. The first-order chi connectivity index (χ1) is 15.0. The number of aryl methyl sites for hydroxylation is 1.